The second-order valence-corrected chi connectivity index (χ2v) is 4.64. The number of nitro groups is 1. The third-order valence-electron chi connectivity index (χ3n) is 2.14. The smallest absolute Gasteiger partial charge is 0.329 e. The predicted octanol–water partition coefficient (Wildman–Crippen LogP) is 2.88. The molecule has 17 heavy (non-hydrogen) atoms. The molecule has 0 spiro atoms. The SMILES string of the molecule is CC(C)CC(C)Nc1nc(Cl)ncc1[N+](=O)[O-]. The average molecular weight is 259 g/mol. The molecule has 0 bridgehead atoms. The van der Waals surface area contributed by atoms with Crippen LogP contribution < -0.4 is 5.32 Å². The van der Waals surface area contributed by atoms with Crippen molar-refractivity contribution in [3.63, 3.8) is 0 Å². The van der Waals surface area contributed by atoms with Crippen molar-refractivity contribution in [2.24, 2.45) is 5.92 Å². The van der Waals surface area contributed by atoms with Crippen molar-refractivity contribution in [1.82, 2.24) is 9.97 Å². The zero-order valence-corrected chi connectivity index (χ0v) is 10.7. The van der Waals surface area contributed by atoms with Gasteiger partial charge in [0, 0.05) is 6.04 Å². The van der Waals surface area contributed by atoms with Gasteiger partial charge in [0.15, 0.2) is 0 Å². The van der Waals surface area contributed by atoms with Crippen LogP contribution in [-0.4, -0.2) is 20.9 Å². The predicted molar refractivity (Wildman–Crippen MR) is 66.2 cm³/mol. The zero-order valence-electron chi connectivity index (χ0n) is 9.98. The molecule has 1 heterocycles. The Morgan fingerprint density at radius 1 is 1.53 bits per heavy atom. The molecule has 6 nitrogen and oxygen atoms in total. The van der Waals surface area contributed by atoms with Crippen LogP contribution >= 0.6 is 11.6 Å². The molecule has 1 rings (SSSR count). The number of hydrogen-bond acceptors (Lipinski definition) is 5. The first kappa shape index (κ1) is 13.6. The number of rotatable bonds is 5. The average Bonchev–Trinajstić information content (AvgIpc) is 2.15. The van der Waals surface area contributed by atoms with Crippen molar-refractivity contribution in [3.8, 4) is 0 Å². The van der Waals surface area contributed by atoms with E-state index in [9.17, 15) is 10.1 Å². The van der Waals surface area contributed by atoms with Crippen LogP contribution in [0.5, 0.6) is 0 Å². The van der Waals surface area contributed by atoms with Gasteiger partial charge in [0.2, 0.25) is 11.1 Å². The normalized spacial score (nSPS) is 12.5. The van der Waals surface area contributed by atoms with Crippen molar-refractivity contribution in [3.05, 3.63) is 21.6 Å². The zero-order chi connectivity index (χ0) is 13.0. The highest BCUT2D eigenvalue weighted by atomic mass is 35.5. The molecule has 1 atom stereocenters. The molecule has 0 aromatic carbocycles. The van der Waals surface area contributed by atoms with Crippen LogP contribution in [0.3, 0.4) is 0 Å². The van der Waals surface area contributed by atoms with Gasteiger partial charge in [0.1, 0.15) is 6.20 Å². The van der Waals surface area contributed by atoms with E-state index in [0.717, 1.165) is 12.6 Å². The van der Waals surface area contributed by atoms with Gasteiger partial charge in [0.05, 0.1) is 4.92 Å². The molecule has 0 saturated carbocycles. The number of hydrogen-bond donors (Lipinski definition) is 1. The summed E-state index contributed by atoms with van der Waals surface area (Å²) >= 11 is 5.63. The maximum Gasteiger partial charge on any atom is 0.329 e. The molecule has 0 aliphatic carbocycles. The highest BCUT2D eigenvalue weighted by Gasteiger charge is 2.18. The van der Waals surface area contributed by atoms with E-state index in [1.807, 2.05) is 6.92 Å². The number of nitrogens with zero attached hydrogens (tertiary/aromatic N) is 3. The van der Waals surface area contributed by atoms with E-state index in [1.165, 1.54) is 0 Å². The molecule has 1 aromatic heterocycles. The summed E-state index contributed by atoms with van der Waals surface area (Å²) in [5.41, 5.74) is -0.162. The lowest BCUT2D eigenvalue weighted by Gasteiger charge is -2.16. The van der Waals surface area contributed by atoms with Gasteiger partial charge in [-0.15, -0.1) is 0 Å². The molecule has 0 amide bonds. The van der Waals surface area contributed by atoms with E-state index in [1.54, 1.807) is 0 Å². The van der Waals surface area contributed by atoms with Crippen molar-refractivity contribution in [1.29, 1.82) is 0 Å². The molecular formula is C10H15ClN4O2. The number of aromatic nitrogens is 2. The minimum absolute atomic E-state index is 0.00477. The molecule has 7 heteroatoms. The molecule has 94 valence electrons. The molecular weight excluding hydrogens is 244 g/mol. The molecule has 0 radical (unpaired) electrons. The van der Waals surface area contributed by atoms with Crippen LogP contribution in [0.25, 0.3) is 0 Å². The Kier molecular flexibility index (Phi) is 4.62. The van der Waals surface area contributed by atoms with E-state index < -0.39 is 4.92 Å². The summed E-state index contributed by atoms with van der Waals surface area (Å²) in [7, 11) is 0. The second-order valence-electron chi connectivity index (χ2n) is 4.30. The standard InChI is InChI=1S/C10H15ClN4O2/c1-6(2)4-7(3)13-9-8(15(16)17)5-12-10(11)14-9/h5-7H,4H2,1-3H3,(H,12,13,14). The molecule has 1 N–H and O–H groups in total. The van der Waals surface area contributed by atoms with Gasteiger partial charge in [0.25, 0.3) is 0 Å². The maximum absolute atomic E-state index is 10.8. The van der Waals surface area contributed by atoms with E-state index in [-0.39, 0.29) is 22.8 Å². The minimum atomic E-state index is -0.527. The van der Waals surface area contributed by atoms with Gasteiger partial charge < -0.3 is 5.32 Å². The first-order valence-electron chi connectivity index (χ1n) is 5.33. The van der Waals surface area contributed by atoms with Crippen LogP contribution in [0, 0.1) is 16.0 Å². The quantitative estimate of drug-likeness (QED) is 0.499. The monoisotopic (exact) mass is 258 g/mol. The molecule has 0 fully saturated rings. The summed E-state index contributed by atoms with van der Waals surface area (Å²) in [5, 5.41) is 13.8. The summed E-state index contributed by atoms with van der Waals surface area (Å²) in [4.78, 5) is 17.7. The third kappa shape index (κ3) is 4.14. The van der Waals surface area contributed by atoms with Gasteiger partial charge in [-0.1, -0.05) is 13.8 Å². The van der Waals surface area contributed by atoms with Gasteiger partial charge in [-0.05, 0) is 30.9 Å². The largest absolute Gasteiger partial charge is 0.362 e. The van der Waals surface area contributed by atoms with Crippen LogP contribution in [0.1, 0.15) is 27.2 Å². The Morgan fingerprint density at radius 3 is 2.71 bits per heavy atom. The van der Waals surface area contributed by atoms with Crippen LogP contribution in [0.2, 0.25) is 5.28 Å². The van der Waals surface area contributed by atoms with Gasteiger partial charge in [-0.25, -0.2) is 4.98 Å². The summed E-state index contributed by atoms with van der Waals surface area (Å²) in [6.07, 6.45) is 2.00. The first-order valence-corrected chi connectivity index (χ1v) is 5.71. The summed E-state index contributed by atoms with van der Waals surface area (Å²) in [6, 6.07) is 0.0830. The maximum atomic E-state index is 10.8. The number of nitrogens with one attached hydrogen (secondary N) is 1. The lowest BCUT2D eigenvalue weighted by atomic mass is 10.1. The number of anilines is 1. The fourth-order valence-corrected chi connectivity index (χ4v) is 1.73. The molecule has 0 saturated heterocycles. The Morgan fingerprint density at radius 2 is 2.18 bits per heavy atom. The third-order valence-corrected chi connectivity index (χ3v) is 2.33. The van der Waals surface area contributed by atoms with Crippen LogP contribution in [-0.2, 0) is 0 Å². The lowest BCUT2D eigenvalue weighted by molar-refractivity contribution is -0.384. The topological polar surface area (TPSA) is 81.0 Å². The van der Waals surface area contributed by atoms with Crippen molar-refractivity contribution >= 4 is 23.1 Å². The van der Waals surface area contributed by atoms with E-state index in [2.05, 4.69) is 29.1 Å². The van der Waals surface area contributed by atoms with E-state index >= 15 is 0 Å². The summed E-state index contributed by atoms with van der Waals surface area (Å²) in [5.74, 6) is 0.664. The highest BCUT2D eigenvalue weighted by Crippen LogP contribution is 2.23. The minimum Gasteiger partial charge on any atom is -0.362 e. The Hall–Kier alpha value is -1.43. The summed E-state index contributed by atoms with van der Waals surface area (Å²) in [6.45, 7) is 6.11. The molecule has 0 aliphatic heterocycles. The van der Waals surface area contributed by atoms with Gasteiger partial charge in [-0.3, -0.25) is 10.1 Å². The molecule has 0 aliphatic rings. The van der Waals surface area contributed by atoms with Crippen LogP contribution in [0.15, 0.2) is 6.20 Å². The van der Waals surface area contributed by atoms with E-state index in [0.29, 0.717) is 5.92 Å². The Bertz CT molecular complexity index is 411. The van der Waals surface area contributed by atoms with Gasteiger partial charge >= 0.3 is 5.69 Å². The van der Waals surface area contributed by atoms with Crippen molar-refractivity contribution < 1.29 is 4.92 Å². The Balaban J connectivity index is 2.88. The van der Waals surface area contributed by atoms with E-state index in [4.69, 9.17) is 11.6 Å². The number of halogens is 1. The Labute approximate surface area is 105 Å². The molecule has 1 unspecified atom stereocenters. The summed E-state index contributed by atoms with van der Waals surface area (Å²) < 4.78 is 0. The van der Waals surface area contributed by atoms with Gasteiger partial charge in [-0.2, -0.15) is 4.98 Å². The lowest BCUT2D eigenvalue weighted by Crippen LogP contribution is -2.19. The fraction of sp³-hybridized carbons (Fsp3) is 0.600. The highest BCUT2D eigenvalue weighted by molar-refractivity contribution is 6.28. The molecule has 1 aromatic rings. The first-order chi connectivity index (χ1) is 7.90. The van der Waals surface area contributed by atoms with Crippen molar-refractivity contribution in [2.45, 2.75) is 33.2 Å². The fourth-order valence-electron chi connectivity index (χ4n) is 1.59. The van der Waals surface area contributed by atoms with Crippen molar-refractivity contribution in [2.75, 3.05) is 5.32 Å². The van der Waals surface area contributed by atoms with Crippen LogP contribution in [0.4, 0.5) is 11.5 Å². The second kappa shape index (κ2) is 5.77.